The molecule has 0 aromatic heterocycles. The first-order valence-electron chi connectivity index (χ1n) is 8.55. The Kier molecular flexibility index (Phi) is 11.7. The van der Waals surface area contributed by atoms with E-state index in [2.05, 4.69) is 17.6 Å². The highest BCUT2D eigenvalue weighted by Gasteiger charge is 2.23. The van der Waals surface area contributed by atoms with Gasteiger partial charge in [0.1, 0.15) is 6.04 Å². The number of carbonyl (C=O) groups is 4. The number of amides is 3. The van der Waals surface area contributed by atoms with Crippen LogP contribution in [-0.4, -0.2) is 40.9 Å². The van der Waals surface area contributed by atoms with Crippen LogP contribution in [0.2, 0.25) is 0 Å². The lowest BCUT2D eigenvalue weighted by Gasteiger charge is -2.19. The van der Waals surface area contributed by atoms with E-state index in [0.717, 1.165) is 31.8 Å². The van der Waals surface area contributed by atoms with Gasteiger partial charge in [0.05, 0.1) is 6.42 Å². The summed E-state index contributed by atoms with van der Waals surface area (Å²) >= 11 is 0. The minimum Gasteiger partial charge on any atom is -0.478 e. The average Bonchev–Trinajstić information content (AvgIpc) is 2.51. The lowest BCUT2D eigenvalue weighted by Crippen LogP contribution is -2.50. The van der Waals surface area contributed by atoms with Gasteiger partial charge >= 0.3 is 5.97 Å². The van der Waals surface area contributed by atoms with E-state index in [4.69, 9.17) is 10.8 Å². The van der Waals surface area contributed by atoms with E-state index >= 15 is 0 Å². The van der Waals surface area contributed by atoms with E-state index in [1.807, 2.05) is 0 Å². The van der Waals surface area contributed by atoms with Crippen molar-refractivity contribution in [2.45, 2.75) is 70.9 Å². The summed E-state index contributed by atoms with van der Waals surface area (Å²) in [6, 6.07) is -1.63. The number of hydrogen-bond donors (Lipinski definition) is 4. The summed E-state index contributed by atoms with van der Waals surface area (Å²) in [5.41, 5.74) is 5.13. The standard InChI is InChI=1S/C17H29N3O5/c1-3-4-5-6-7-8-15(22)20-13(11-14(18)21)17(25)19-12(2)9-10-16(23)24/h9-10,12-13H,3-8,11H2,1-2H3,(H2,18,21)(H,19,25)(H,20,22)(H,23,24)/b10-9+/t12-,13+/m0/s1. The van der Waals surface area contributed by atoms with Gasteiger partial charge in [-0.1, -0.05) is 38.7 Å². The number of nitrogens with two attached hydrogens (primary N) is 1. The Labute approximate surface area is 148 Å². The molecule has 0 heterocycles. The molecule has 5 N–H and O–H groups in total. The summed E-state index contributed by atoms with van der Waals surface area (Å²) in [6.07, 6.45) is 7.10. The SMILES string of the molecule is CCCCCCCC(=O)N[C@H](CC(N)=O)C(=O)N[C@@H](C)/C=C/C(=O)O. The minimum absolute atomic E-state index is 0.278. The van der Waals surface area contributed by atoms with Gasteiger partial charge < -0.3 is 21.5 Å². The highest BCUT2D eigenvalue weighted by atomic mass is 16.4. The molecule has 0 aliphatic carbocycles. The van der Waals surface area contributed by atoms with Crippen molar-refractivity contribution in [2.24, 2.45) is 5.73 Å². The molecule has 0 rings (SSSR count). The predicted octanol–water partition coefficient (Wildman–Crippen LogP) is 0.853. The first kappa shape index (κ1) is 22.6. The van der Waals surface area contributed by atoms with Crippen molar-refractivity contribution in [1.29, 1.82) is 0 Å². The molecule has 0 saturated carbocycles. The van der Waals surface area contributed by atoms with Gasteiger partial charge in [-0.3, -0.25) is 14.4 Å². The fraction of sp³-hybridized carbons (Fsp3) is 0.647. The highest BCUT2D eigenvalue weighted by Crippen LogP contribution is 2.05. The lowest BCUT2D eigenvalue weighted by molar-refractivity contribution is -0.131. The van der Waals surface area contributed by atoms with E-state index in [1.54, 1.807) is 6.92 Å². The quantitative estimate of drug-likeness (QED) is 0.286. The van der Waals surface area contributed by atoms with Crippen LogP contribution in [0.1, 0.15) is 58.8 Å². The van der Waals surface area contributed by atoms with Gasteiger partial charge in [-0.2, -0.15) is 0 Å². The molecule has 142 valence electrons. The van der Waals surface area contributed by atoms with Crippen LogP contribution in [0.3, 0.4) is 0 Å². The van der Waals surface area contributed by atoms with Crippen LogP contribution in [0.5, 0.6) is 0 Å². The summed E-state index contributed by atoms with van der Waals surface area (Å²) in [4.78, 5) is 45.7. The smallest absolute Gasteiger partial charge is 0.328 e. The molecule has 0 bridgehead atoms. The maximum absolute atomic E-state index is 12.2. The van der Waals surface area contributed by atoms with Crippen LogP contribution in [0.4, 0.5) is 0 Å². The normalized spacial score (nSPS) is 13.2. The topological polar surface area (TPSA) is 139 Å². The third-order valence-electron chi connectivity index (χ3n) is 3.46. The molecule has 25 heavy (non-hydrogen) atoms. The maximum atomic E-state index is 12.2. The molecule has 8 nitrogen and oxygen atoms in total. The number of carboxylic acid groups (broad SMARTS) is 1. The Morgan fingerprint density at radius 1 is 1.08 bits per heavy atom. The van der Waals surface area contributed by atoms with Gasteiger partial charge in [0.15, 0.2) is 0 Å². The number of carbonyl (C=O) groups excluding carboxylic acids is 3. The van der Waals surface area contributed by atoms with Crippen LogP contribution in [0, 0.1) is 0 Å². The first-order chi connectivity index (χ1) is 11.8. The molecule has 0 aliphatic heterocycles. The maximum Gasteiger partial charge on any atom is 0.328 e. The van der Waals surface area contributed by atoms with Crippen LogP contribution >= 0.6 is 0 Å². The molecule has 0 aromatic rings. The van der Waals surface area contributed by atoms with Gasteiger partial charge in [-0.25, -0.2) is 4.79 Å². The molecule has 8 heteroatoms. The zero-order valence-corrected chi connectivity index (χ0v) is 14.9. The minimum atomic E-state index is -1.13. The number of aliphatic carboxylic acids is 1. The number of carboxylic acids is 1. The summed E-state index contributed by atoms with van der Waals surface area (Å²) in [7, 11) is 0. The number of unbranched alkanes of at least 4 members (excludes halogenated alkanes) is 4. The van der Waals surface area contributed by atoms with Gasteiger partial charge in [0.2, 0.25) is 17.7 Å². The van der Waals surface area contributed by atoms with E-state index in [0.29, 0.717) is 6.42 Å². The zero-order chi connectivity index (χ0) is 19.2. The zero-order valence-electron chi connectivity index (χ0n) is 14.9. The van der Waals surface area contributed by atoms with Crippen molar-refractivity contribution >= 4 is 23.7 Å². The van der Waals surface area contributed by atoms with Crippen molar-refractivity contribution in [1.82, 2.24) is 10.6 Å². The number of nitrogens with one attached hydrogen (secondary N) is 2. The van der Waals surface area contributed by atoms with Crippen molar-refractivity contribution in [2.75, 3.05) is 0 Å². The molecule has 0 unspecified atom stereocenters. The van der Waals surface area contributed by atoms with Gasteiger partial charge in [-0.15, -0.1) is 0 Å². The van der Waals surface area contributed by atoms with E-state index in [1.165, 1.54) is 6.08 Å². The van der Waals surface area contributed by atoms with Crippen molar-refractivity contribution in [3.05, 3.63) is 12.2 Å². The molecule has 0 aromatic carbocycles. The van der Waals surface area contributed by atoms with Crippen LogP contribution in [0.15, 0.2) is 12.2 Å². The third kappa shape index (κ3) is 12.7. The lowest BCUT2D eigenvalue weighted by atomic mass is 10.1. The second-order valence-electron chi connectivity index (χ2n) is 5.95. The van der Waals surface area contributed by atoms with Crippen molar-refractivity contribution in [3.63, 3.8) is 0 Å². The first-order valence-corrected chi connectivity index (χ1v) is 8.55. The van der Waals surface area contributed by atoms with Crippen LogP contribution < -0.4 is 16.4 Å². The Hall–Kier alpha value is -2.38. The molecule has 0 aliphatic rings. The second-order valence-corrected chi connectivity index (χ2v) is 5.95. The second kappa shape index (κ2) is 13.0. The predicted molar refractivity (Wildman–Crippen MR) is 93.5 cm³/mol. The summed E-state index contributed by atoms with van der Waals surface area (Å²) < 4.78 is 0. The van der Waals surface area contributed by atoms with Crippen LogP contribution in [0.25, 0.3) is 0 Å². The Bertz CT molecular complexity index is 491. The van der Waals surface area contributed by atoms with E-state index < -0.39 is 29.9 Å². The Morgan fingerprint density at radius 3 is 2.28 bits per heavy atom. The molecule has 0 saturated heterocycles. The Balaban J connectivity index is 4.51. The van der Waals surface area contributed by atoms with Crippen molar-refractivity contribution < 1.29 is 24.3 Å². The summed E-state index contributed by atoms with van der Waals surface area (Å²) in [5, 5.41) is 13.6. The Morgan fingerprint density at radius 2 is 1.72 bits per heavy atom. The molecular weight excluding hydrogens is 326 g/mol. The van der Waals surface area contributed by atoms with E-state index in [-0.39, 0.29) is 18.7 Å². The largest absolute Gasteiger partial charge is 0.478 e. The monoisotopic (exact) mass is 355 g/mol. The molecule has 0 radical (unpaired) electrons. The fourth-order valence-electron chi connectivity index (χ4n) is 2.17. The molecule has 3 amide bonds. The molecule has 2 atom stereocenters. The van der Waals surface area contributed by atoms with Crippen molar-refractivity contribution in [3.8, 4) is 0 Å². The van der Waals surface area contributed by atoms with Gasteiger partial charge in [0.25, 0.3) is 0 Å². The summed E-state index contributed by atoms with van der Waals surface area (Å²) in [5.74, 6) is -2.74. The summed E-state index contributed by atoms with van der Waals surface area (Å²) in [6.45, 7) is 3.68. The molecule has 0 fully saturated rings. The highest BCUT2D eigenvalue weighted by molar-refractivity contribution is 5.92. The fourth-order valence-corrected chi connectivity index (χ4v) is 2.17. The number of rotatable bonds is 13. The number of primary amides is 1. The molecule has 0 spiro atoms. The number of hydrogen-bond acceptors (Lipinski definition) is 4. The van der Waals surface area contributed by atoms with Crippen LogP contribution in [-0.2, 0) is 19.2 Å². The average molecular weight is 355 g/mol. The van der Waals surface area contributed by atoms with Gasteiger partial charge in [-0.05, 0) is 13.3 Å². The van der Waals surface area contributed by atoms with Gasteiger partial charge in [0, 0.05) is 18.5 Å². The van der Waals surface area contributed by atoms with E-state index in [9.17, 15) is 19.2 Å². The molecular formula is C17H29N3O5. The third-order valence-corrected chi connectivity index (χ3v) is 3.46.